The van der Waals surface area contributed by atoms with Gasteiger partial charge in [-0.15, -0.1) is 21.5 Å². The summed E-state index contributed by atoms with van der Waals surface area (Å²) >= 11 is 3.10. The molecule has 3 aromatic heterocycles. The molecule has 4 aromatic rings. The van der Waals surface area contributed by atoms with Gasteiger partial charge in [-0.25, -0.2) is 4.98 Å². The molecule has 0 aliphatic heterocycles. The van der Waals surface area contributed by atoms with Crippen molar-refractivity contribution >= 4 is 28.1 Å². The molecule has 0 saturated heterocycles. The molecule has 6 nitrogen and oxygen atoms in total. The van der Waals surface area contributed by atoms with E-state index in [0.29, 0.717) is 11.8 Å². The fourth-order valence-corrected chi connectivity index (χ4v) is 6.10. The largest absolute Gasteiger partial charge is 0.299 e. The van der Waals surface area contributed by atoms with Crippen molar-refractivity contribution in [3.8, 4) is 11.4 Å². The van der Waals surface area contributed by atoms with Crippen LogP contribution >= 0.6 is 23.1 Å². The Labute approximate surface area is 202 Å². The van der Waals surface area contributed by atoms with E-state index >= 15 is 0 Å². The minimum Gasteiger partial charge on any atom is -0.299 e. The van der Waals surface area contributed by atoms with E-state index in [-0.39, 0.29) is 11.0 Å². The second kappa shape index (κ2) is 9.06. The van der Waals surface area contributed by atoms with Gasteiger partial charge >= 0.3 is 0 Å². The van der Waals surface area contributed by atoms with Crippen LogP contribution in [-0.4, -0.2) is 24.1 Å². The fourth-order valence-electron chi connectivity index (χ4n) is 4.46. The highest BCUT2D eigenvalue weighted by molar-refractivity contribution is 7.98. The van der Waals surface area contributed by atoms with Crippen molar-refractivity contribution in [2.24, 2.45) is 0 Å². The normalized spacial score (nSPS) is 15.4. The summed E-state index contributed by atoms with van der Waals surface area (Å²) in [6, 6.07) is 10.8. The molecule has 0 radical (unpaired) electrons. The van der Waals surface area contributed by atoms with E-state index in [4.69, 9.17) is 0 Å². The van der Waals surface area contributed by atoms with Gasteiger partial charge in [0.1, 0.15) is 0 Å². The van der Waals surface area contributed by atoms with Crippen LogP contribution in [0, 0.1) is 0 Å². The summed E-state index contributed by atoms with van der Waals surface area (Å²) < 4.78 is 3.93. The Kier molecular flexibility index (Phi) is 6.14. The lowest BCUT2D eigenvalue weighted by Crippen LogP contribution is -2.16. The quantitative estimate of drug-likeness (QED) is 0.323. The Hall–Kier alpha value is -2.45. The minimum absolute atomic E-state index is 0.0368. The van der Waals surface area contributed by atoms with E-state index < -0.39 is 0 Å². The maximum Gasteiger partial charge on any atom is 0.258 e. The van der Waals surface area contributed by atoms with Crippen molar-refractivity contribution in [3.63, 3.8) is 0 Å². The highest BCUT2D eigenvalue weighted by Crippen LogP contribution is 2.36. The van der Waals surface area contributed by atoms with Gasteiger partial charge in [0.05, 0.1) is 5.69 Å². The lowest BCUT2D eigenvalue weighted by Gasteiger charge is -2.26. The van der Waals surface area contributed by atoms with E-state index in [0.717, 1.165) is 40.0 Å². The standard InChI is InChI=1S/C25H29N5OS2/c1-25(2,3)18-11-9-17(10-12-18)22-27-28-24(30(22)20-7-5-4-6-8-20)33-16-19-15-21(31)29-13-14-32-23(29)26-19/h9-15,20H,4-8,16H2,1-3H3. The lowest BCUT2D eigenvalue weighted by atomic mass is 9.86. The SMILES string of the molecule is CC(C)(C)c1ccc(-c2nnc(SCc3cc(=O)n4ccsc4n3)n2C2CCCCC2)cc1. The highest BCUT2D eigenvalue weighted by atomic mass is 32.2. The van der Waals surface area contributed by atoms with Crippen molar-refractivity contribution in [1.82, 2.24) is 24.1 Å². The maximum atomic E-state index is 12.4. The molecule has 1 aromatic carbocycles. The third-order valence-electron chi connectivity index (χ3n) is 6.32. The smallest absolute Gasteiger partial charge is 0.258 e. The molecule has 1 aliphatic rings. The summed E-state index contributed by atoms with van der Waals surface area (Å²) in [4.78, 5) is 17.7. The number of benzene rings is 1. The number of rotatable bonds is 5. The van der Waals surface area contributed by atoms with E-state index in [1.54, 1.807) is 28.4 Å². The number of thioether (sulfide) groups is 1. The Bertz CT molecular complexity index is 1310. The van der Waals surface area contributed by atoms with Gasteiger partial charge < -0.3 is 0 Å². The van der Waals surface area contributed by atoms with E-state index in [1.807, 2.05) is 5.38 Å². The van der Waals surface area contributed by atoms with Crippen LogP contribution in [0.5, 0.6) is 0 Å². The van der Waals surface area contributed by atoms with E-state index in [9.17, 15) is 4.79 Å². The Morgan fingerprint density at radius 3 is 2.58 bits per heavy atom. The summed E-state index contributed by atoms with van der Waals surface area (Å²) in [5.74, 6) is 1.53. The topological polar surface area (TPSA) is 65.1 Å². The van der Waals surface area contributed by atoms with Crippen LogP contribution < -0.4 is 5.56 Å². The van der Waals surface area contributed by atoms with Crippen LogP contribution in [0.4, 0.5) is 0 Å². The third kappa shape index (κ3) is 4.64. The highest BCUT2D eigenvalue weighted by Gasteiger charge is 2.24. The first kappa shape index (κ1) is 22.3. The zero-order valence-corrected chi connectivity index (χ0v) is 21.0. The second-order valence-electron chi connectivity index (χ2n) is 9.73. The number of thiazole rings is 1. The van der Waals surface area contributed by atoms with Gasteiger partial charge in [-0.05, 0) is 23.8 Å². The van der Waals surface area contributed by atoms with Gasteiger partial charge in [0.15, 0.2) is 15.9 Å². The third-order valence-corrected chi connectivity index (χ3v) is 8.05. The van der Waals surface area contributed by atoms with Gasteiger partial charge in [-0.2, -0.15) is 0 Å². The van der Waals surface area contributed by atoms with Crippen molar-refractivity contribution in [1.29, 1.82) is 0 Å². The van der Waals surface area contributed by atoms with Crippen LogP contribution in [0.1, 0.15) is 70.2 Å². The molecular formula is C25H29N5OS2. The fraction of sp³-hybridized carbons (Fsp3) is 0.440. The molecule has 172 valence electrons. The summed E-state index contributed by atoms with van der Waals surface area (Å²) in [5, 5.41) is 12.0. The summed E-state index contributed by atoms with van der Waals surface area (Å²) in [6.07, 6.45) is 7.85. The molecule has 8 heteroatoms. The Morgan fingerprint density at radius 1 is 1.09 bits per heavy atom. The van der Waals surface area contributed by atoms with Gasteiger partial charge in [0.25, 0.3) is 5.56 Å². The van der Waals surface area contributed by atoms with Crippen LogP contribution in [0.15, 0.2) is 51.9 Å². The number of nitrogens with zero attached hydrogens (tertiary/aromatic N) is 5. The molecule has 33 heavy (non-hydrogen) atoms. The molecule has 0 N–H and O–H groups in total. The Balaban J connectivity index is 1.46. The first-order chi connectivity index (χ1) is 15.9. The van der Waals surface area contributed by atoms with E-state index in [2.05, 4.69) is 64.8 Å². The van der Waals surface area contributed by atoms with Gasteiger partial charge in [-0.1, -0.05) is 76.1 Å². The first-order valence-electron chi connectivity index (χ1n) is 11.5. The van der Waals surface area contributed by atoms with E-state index in [1.165, 1.54) is 36.2 Å². The monoisotopic (exact) mass is 479 g/mol. The average Bonchev–Trinajstić information content (AvgIpc) is 3.45. The zero-order valence-electron chi connectivity index (χ0n) is 19.3. The molecule has 3 heterocycles. The minimum atomic E-state index is -0.0368. The summed E-state index contributed by atoms with van der Waals surface area (Å²) in [5.41, 5.74) is 3.27. The van der Waals surface area contributed by atoms with Gasteiger partial charge in [0.2, 0.25) is 0 Å². The van der Waals surface area contributed by atoms with Crippen LogP contribution in [0.25, 0.3) is 16.3 Å². The molecule has 0 atom stereocenters. The summed E-state index contributed by atoms with van der Waals surface area (Å²) in [6.45, 7) is 6.69. The molecule has 0 unspecified atom stereocenters. The number of aromatic nitrogens is 5. The molecule has 1 aliphatic carbocycles. The summed E-state index contributed by atoms with van der Waals surface area (Å²) in [7, 11) is 0. The van der Waals surface area contributed by atoms with Crippen molar-refractivity contribution in [3.05, 3.63) is 63.5 Å². The van der Waals surface area contributed by atoms with Gasteiger partial charge in [-0.3, -0.25) is 13.8 Å². The van der Waals surface area contributed by atoms with Crippen molar-refractivity contribution in [2.45, 2.75) is 75.2 Å². The molecular weight excluding hydrogens is 450 g/mol. The predicted molar refractivity (Wildman–Crippen MR) is 135 cm³/mol. The number of hydrogen-bond donors (Lipinski definition) is 0. The molecule has 1 saturated carbocycles. The molecule has 5 rings (SSSR count). The average molecular weight is 480 g/mol. The van der Waals surface area contributed by atoms with Gasteiger partial charge in [0, 0.05) is 35.0 Å². The number of hydrogen-bond acceptors (Lipinski definition) is 6. The molecule has 1 fully saturated rings. The number of fused-ring (bicyclic) bond motifs is 1. The molecule has 0 spiro atoms. The lowest BCUT2D eigenvalue weighted by molar-refractivity contribution is 0.339. The van der Waals surface area contributed by atoms with Crippen LogP contribution in [0.2, 0.25) is 0 Å². The second-order valence-corrected chi connectivity index (χ2v) is 11.5. The predicted octanol–water partition coefficient (Wildman–Crippen LogP) is 6.11. The first-order valence-corrected chi connectivity index (χ1v) is 13.4. The molecule has 0 bridgehead atoms. The van der Waals surface area contributed by atoms with Crippen LogP contribution in [0.3, 0.4) is 0 Å². The van der Waals surface area contributed by atoms with Crippen molar-refractivity contribution in [2.75, 3.05) is 0 Å². The molecule has 0 amide bonds. The zero-order chi connectivity index (χ0) is 23.0. The maximum absolute atomic E-state index is 12.4. The van der Waals surface area contributed by atoms with Crippen LogP contribution in [-0.2, 0) is 11.2 Å². The van der Waals surface area contributed by atoms with Crippen molar-refractivity contribution < 1.29 is 0 Å². The Morgan fingerprint density at radius 2 is 1.85 bits per heavy atom.